The van der Waals surface area contributed by atoms with Gasteiger partial charge in [0.2, 0.25) is 0 Å². The second kappa shape index (κ2) is 10.2. The molecule has 2 aliphatic rings. The van der Waals surface area contributed by atoms with Gasteiger partial charge in [-0.05, 0) is 37.1 Å². The van der Waals surface area contributed by atoms with Gasteiger partial charge < -0.3 is 24.4 Å². The van der Waals surface area contributed by atoms with Crippen LogP contribution in [0.4, 0.5) is 13.2 Å². The van der Waals surface area contributed by atoms with Crippen molar-refractivity contribution in [2.75, 3.05) is 13.2 Å². The van der Waals surface area contributed by atoms with Gasteiger partial charge in [-0.2, -0.15) is 0 Å². The average molecular weight is 506 g/mol. The number of hydrogen-bond acceptors (Lipinski definition) is 8. The van der Waals surface area contributed by atoms with Gasteiger partial charge in [0.05, 0.1) is 31.7 Å². The Morgan fingerprint density at radius 1 is 1.17 bits per heavy atom. The van der Waals surface area contributed by atoms with Crippen molar-refractivity contribution in [2.24, 2.45) is 0 Å². The first-order valence-electron chi connectivity index (χ1n) is 11.6. The van der Waals surface area contributed by atoms with E-state index in [0.717, 1.165) is 25.0 Å². The number of aliphatic hydroxyl groups is 2. The van der Waals surface area contributed by atoms with Gasteiger partial charge in [-0.1, -0.05) is 11.3 Å². The Bertz CT molecular complexity index is 1170. The molecule has 0 unspecified atom stereocenters. The summed E-state index contributed by atoms with van der Waals surface area (Å²) >= 11 is 0. The van der Waals surface area contributed by atoms with Crippen molar-refractivity contribution in [1.82, 2.24) is 20.0 Å². The van der Waals surface area contributed by atoms with Crippen LogP contribution in [0.5, 0.6) is 0 Å². The molecule has 2 aromatic heterocycles. The molecule has 5 rings (SSSR count). The molecule has 12 heteroatoms. The van der Waals surface area contributed by atoms with E-state index in [-0.39, 0.29) is 17.9 Å². The van der Waals surface area contributed by atoms with E-state index < -0.39 is 54.2 Å². The molecule has 0 aliphatic carbocycles. The largest absolute Gasteiger partial charge is 0.394 e. The van der Waals surface area contributed by atoms with Crippen LogP contribution in [-0.2, 0) is 20.8 Å². The van der Waals surface area contributed by atoms with E-state index in [4.69, 9.17) is 14.2 Å². The highest BCUT2D eigenvalue weighted by molar-refractivity contribution is 5.57. The van der Waals surface area contributed by atoms with E-state index in [2.05, 4.69) is 15.3 Å². The molecule has 192 valence electrons. The molecule has 4 heterocycles. The van der Waals surface area contributed by atoms with Gasteiger partial charge in [0.1, 0.15) is 30.0 Å². The van der Waals surface area contributed by atoms with Gasteiger partial charge in [0.15, 0.2) is 23.2 Å². The molecule has 36 heavy (non-hydrogen) atoms. The molecule has 5 atom stereocenters. The number of halogens is 3. The van der Waals surface area contributed by atoms with Gasteiger partial charge in [0.25, 0.3) is 0 Å². The normalized spacial score (nSPS) is 28.5. The van der Waals surface area contributed by atoms with Crippen LogP contribution in [-0.4, -0.2) is 67.5 Å². The highest BCUT2D eigenvalue weighted by Gasteiger charge is 2.57. The smallest absolute Gasteiger partial charge is 0.197 e. The molecular weight excluding hydrogens is 481 g/mol. The minimum Gasteiger partial charge on any atom is -0.394 e. The van der Waals surface area contributed by atoms with Crippen LogP contribution in [0.15, 0.2) is 42.7 Å². The van der Waals surface area contributed by atoms with Gasteiger partial charge >= 0.3 is 0 Å². The summed E-state index contributed by atoms with van der Waals surface area (Å²) in [4.78, 5) is 4.27. The summed E-state index contributed by atoms with van der Waals surface area (Å²) < 4.78 is 60.8. The molecule has 2 saturated heterocycles. The summed E-state index contributed by atoms with van der Waals surface area (Å²) in [5, 5.41) is 29.2. The molecular formula is C24H25F3N4O5. The van der Waals surface area contributed by atoms with Gasteiger partial charge in [0, 0.05) is 18.2 Å². The molecule has 1 aromatic carbocycles. The SMILES string of the molecule is OC[C@H]1O[C@@]2(CCCCO2)[C@H](OCc2ccccn2)[C@@H](n2cc(-c3cc(F)c(F)c(F)c3)nn2)[C@H]1O. The Hall–Kier alpha value is -2.90. The van der Waals surface area contributed by atoms with E-state index in [1.54, 1.807) is 18.3 Å². The third-order valence-corrected chi connectivity index (χ3v) is 6.50. The van der Waals surface area contributed by atoms with Crippen molar-refractivity contribution in [1.29, 1.82) is 0 Å². The zero-order valence-electron chi connectivity index (χ0n) is 19.1. The van der Waals surface area contributed by atoms with Crippen LogP contribution < -0.4 is 0 Å². The fraction of sp³-hybridized carbons (Fsp3) is 0.458. The lowest BCUT2D eigenvalue weighted by molar-refractivity contribution is -0.373. The summed E-state index contributed by atoms with van der Waals surface area (Å²) in [6.07, 6.45) is 1.79. The van der Waals surface area contributed by atoms with Crippen molar-refractivity contribution in [3.8, 4) is 11.3 Å². The van der Waals surface area contributed by atoms with Crippen molar-refractivity contribution in [3.63, 3.8) is 0 Å². The molecule has 0 amide bonds. The molecule has 2 N–H and O–H groups in total. The van der Waals surface area contributed by atoms with Crippen LogP contribution in [0.2, 0.25) is 0 Å². The monoisotopic (exact) mass is 506 g/mol. The number of rotatable bonds is 6. The Morgan fingerprint density at radius 3 is 2.64 bits per heavy atom. The summed E-state index contributed by atoms with van der Waals surface area (Å²) in [5.41, 5.74) is 0.652. The second-order valence-corrected chi connectivity index (χ2v) is 8.83. The van der Waals surface area contributed by atoms with Crippen LogP contribution in [0, 0.1) is 17.5 Å². The molecule has 2 fully saturated rings. The first kappa shape index (κ1) is 24.8. The van der Waals surface area contributed by atoms with Crippen molar-refractivity contribution < 1.29 is 37.6 Å². The van der Waals surface area contributed by atoms with Crippen LogP contribution >= 0.6 is 0 Å². The number of aliphatic hydroxyl groups excluding tert-OH is 2. The number of nitrogens with zero attached hydrogens (tertiary/aromatic N) is 4. The lowest BCUT2D eigenvalue weighted by Gasteiger charge is -2.52. The van der Waals surface area contributed by atoms with Crippen LogP contribution in [0.1, 0.15) is 31.0 Å². The first-order chi connectivity index (χ1) is 17.4. The molecule has 2 aliphatic heterocycles. The molecule has 1 spiro atoms. The zero-order valence-corrected chi connectivity index (χ0v) is 19.1. The number of aromatic nitrogens is 4. The molecule has 0 bridgehead atoms. The number of benzene rings is 1. The van der Waals surface area contributed by atoms with E-state index >= 15 is 0 Å². The Kier molecular flexibility index (Phi) is 7.04. The van der Waals surface area contributed by atoms with Crippen molar-refractivity contribution in [2.45, 2.75) is 56.0 Å². The Labute approximate surface area is 204 Å². The second-order valence-electron chi connectivity index (χ2n) is 8.83. The lowest BCUT2D eigenvalue weighted by Crippen LogP contribution is -2.65. The van der Waals surface area contributed by atoms with E-state index in [1.807, 2.05) is 6.07 Å². The summed E-state index contributed by atoms with van der Waals surface area (Å²) in [6, 6.07) is 6.04. The quantitative estimate of drug-likeness (QED) is 0.491. The highest BCUT2D eigenvalue weighted by atomic mass is 19.2. The minimum atomic E-state index is -1.59. The predicted octanol–water partition coefficient (Wildman–Crippen LogP) is 2.53. The van der Waals surface area contributed by atoms with E-state index in [9.17, 15) is 23.4 Å². The minimum absolute atomic E-state index is 0.0347. The molecule has 0 radical (unpaired) electrons. The van der Waals surface area contributed by atoms with Crippen molar-refractivity contribution in [3.05, 3.63) is 65.9 Å². The molecule has 0 saturated carbocycles. The topological polar surface area (TPSA) is 112 Å². The zero-order chi connectivity index (χ0) is 25.3. The van der Waals surface area contributed by atoms with Gasteiger partial charge in [-0.3, -0.25) is 4.98 Å². The van der Waals surface area contributed by atoms with Crippen LogP contribution in [0.3, 0.4) is 0 Å². The molecule has 3 aromatic rings. The predicted molar refractivity (Wildman–Crippen MR) is 118 cm³/mol. The summed E-state index contributed by atoms with van der Waals surface area (Å²) in [5.74, 6) is -5.60. The maximum Gasteiger partial charge on any atom is 0.197 e. The van der Waals surface area contributed by atoms with Gasteiger partial charge in [-0.25, -0.2) is 17.9 Å². The van der Waals surface area contributed by atoms with Gasteiger partial charge in [-0.15, -0.1) is 5.10 Å². The fourth-order valence-electron chi connectivity index (χ4n) is 4.74. The van der Waals surface area contributed by atoms with E-state index in [0.29, 0.717) is 18.7 Å². The number of pyridine rings is 1. The average Bonchev–Trinajstić information content (AvgIpc) is 3.38. The fourth-order valence-corrected chi connectivity index (χ4v) is 4.74. The summed E-state index contributed by atoms with van der Waals surface area (Å²) in [7, 11) is 0. The summed E-state index contributed by atoms with van der Waals surface area (Å²) in [6.45, 7) is -0.0320. The standard InChI is InChI=1S/C24H25F3N4O5/c25-16-9-14(10-17(26)20(16)27)18-11-31(30-29-18)21-22(33)19(12-32)36-24(6-2-4-8-35-24)23(21)34-13-15-5-1-3-7-28-15/h1,3,5,7,9-11,19,21-23,32-33H,2,4,6,8,12-13H2/t19-,21+,22+,23-,24+/m1/s1. The number of ether oxygens (including phenoxy) is 3. The third-order valence-electron chi connectivity index (χ3n) is 6.50. The van der Waals surface area contributed by atoms with Crippen LogP contribution in [0.25, 0.3) is 11.3 Å². The Balaban J connectivity index is 1.53. The lowest BCUT2D eigenvalue weighted by atomic mass is 9.86. The highest BCUT2D eigenvalue weighted by Crippen LogP contribution is 2.44. The molecule has 9 nitrogen and oxygen atoms in total. The maximum absolute atomic E-state index is 13.8. The Morgan fingerprint density at radius 2 is 1.97 bits per heavy atom. The van der Waals surface area contributed by atoms with E-state index in [1.165, 1.54) is 10.9 Å². The third kappa shape index (κ3) is 4.62. The first-order valence-corrected chi connectivity index (χ1v) is 11.6. The van der Waals surface area contributed by atoms with Crippen molar-refractivity contribution >= 4 is 0 Å². The maximum atomic E-state index is 13.8. The number of hydrogen-bond donors (Lipinski definition) is 2.